The van der Waals surface area contributed by atoms with Gasteiger partial charge < -0.3 is 15.0 Å². The van der Waals surface area contributed by atoms with Crippen LogP contribution in [-0.2, 0) is 17.8 Å². The van der Waals surface area contributed by atoms with Gasteiger partial charge in [-0.3, -0.25) is 0 Å². The first-order valence-electron chi connectivity index (χ1n) is 9.93. The van der Waals surface area contributed by atoms with Gasteiger partial charge in [-0.15, -0.1) is 0 Å². The fraction of sp³-hybridized carbons (Fsp3) is 0.667. The van der Waals surface area contributed by atoms with Gasteiger partial charge in [0.25, 0.3) is 0 Å². The number of carbonyl (C=O) groups excluding carboxylic acids is 1. The number of nitrogens with zero attached hydrogens (tertiary/aromatic N) is 1. The SMILES string of the molecule is CC.Cc1c(CCN2CCCC3(CCCN3)C2)ccc2c1COC2=O. The molecule has 3 aliphatic heterocycles. The molecule has 1 unspecified atom stereocenters. The lowest BCUT2D eigenvalue weighted by atomic mass is 9.87. The highest BCUT2D eigenvalue weighted by atomic mass is 16.5. The van der Waals surface area contributed by atoms with Crippen LogP contribution in [0.15, 0.2) is 12.1 Å². The summed E-state index contributed by atoms with van der Waals surface area (Å²) in [5, 5.41) is 3.75. The number of likely N-dealkylation sites (tertiary alicyclic amines) is 1. The third-order valence-corrected chi connectivity index (χ3v) is 5.96. The molecular weight excluding hydrogens is 312 g/mol. The molecule has 0 aliphatic carbocycles. The van der Waals surface area contributed by atoms with Crippen molar-refractivity contribution in [2.75, 3.05) is 26.2 Å². The van der Waals surface area contributed by atoms with Crippen LogP contribution in [0.1, 0.15) is 66.6 Å². The third kappa shape index (κ3) is 3.75. The number of fused-ring (bicyclic) bond motifs is 1. The number of benzene rings is 1. The molecule has 1 spiro atoms. The fourth-order valence-corrected chi connectivity index (χ4v) is 4.58. The molecule has 4 heteroatoms. The molecule has 1 aromatic carbocycles. The second-order valence-corrected chi connectivity index (χ2v) is 7.39. The van der Waals surface area contributed by atoms with E-state index in [0.29, 0.717) is 12.1 Å². The fourth-order valence-electron chi connectivity index (χ4n) is 4.58. The number of rotatable bonds is 3. The normalized spacial score (nSPS) is 25.5. The van der Waals surface area contributed by atoms with Gasteiger partial charge in [-0.05, 0) is 69.3 Å². The van der Waals surface area contributed by atoms with Crippen molar-refractivity contribution in [3.05, 3.63) is 34.4 Å². The molecule has 2 fully saturated rings. The molecule has 1 N–H and O–H groups in total. The number of ether oxygens (including phenoxy) is 1. The van der Waals surface area contributed by atoms with E-state index in [4.69, 9.17) is 4.74 Å². The van der Waals surface area contributed by atoms with Crippen LogP contribution in [0.5, 0.6) is 0 Å². The Labute approximate surface area is 151 Å². The lowest BCUT2D eigenvalue weighted by Gasteiger charge is -2.40. The summed E-state index contributed by atoms with van der Waals surface area (Å²) >= 11 is 0. The second kappa shape index (κ2) is 7.88. The van der Waals surface area contributed by atoms with E-state index in [1.54, 1.807) is 0 Å². The number of piperidine rings is 1. The minimum Gasteiger partial charge on any atom is -0.457 e. The summed E-state index contributed by atoms with van der Waals surface area (Å²) in [5.74, 6) is -0.167. The molecule has 1 atom stereocenters. The first-order valence-corrected chi connectivity index (χ1v) is 9.93. The molecule has 0 aromatic heterocycles. The van der Waals surface area contributed by atoms with E-state index in [0.717, 1.165) is 24.1 Å². The highest BCUT2D eigenvalue weighted by Gasteiger charge is 2.37. The van der Waals surface area contributed by atoms with E-state index >= 15 is 0 Å². The van der Waals surface area contributed by atoms with Crippen LogP contribution in [0.25, 0.3) is 0 Å². The molecule has 4 rings (SSSR count). The molecule has 0 amide bonds. The molecular formula is C21H32N2O2. The lowest BCUT2D eigenvalue weighted by Crippen LogP contribution is -2.54. The van der Waals surface area contributed by atoms with E-state index in [1.165, 1.54) is 56.4 Å². The average molecular weight is 344 g/mol. The summed E-state index contributed by atoms with van der Waals surface area (Å²) in [6.07, 6.45) is 6.36. The monoisotopic (exact) mass is 344 g/mol. The largest absolute Gasteiger partial charge is 0.457 e. The van der Waals surface area contributed by atoms with Crippen molar-refractivity contribution in [3.63, 3.8) is 0 Å². The molecule has 1 aromatic rings. The van der Waals surface area contributed by atoms with E-state index in [9.17, 15) is 4.79 Å². The number of hydrogen-bond donors (Lipinski definition) is 1. The molecule has 3 heterocycles. The summed E-state index contributed by atoms with van der Waals surface area (Å²) in [6.45, 7) is 11.3. The van der Waals surface area contributed by atoms with Crippen LogP contribution in [0.2, 0.25) is 0 Å². The molecule has 0 radical (unpaired) electrons. The molecule has 0 bridgehead atoms. The predicted octanol–water partition coefficient (Wildman–Crippen LogP) is 3.45. The van der Waals surface area contributed by atoms with Gasteiger partial charge in [0.1, 0.15) is 6.61 Å². The molecule has 3 aliphatic rings. The molecule has 138 valence electrons. The highest BCUT2D eigenvalue weighted by molar-refractivity contribution is 5.93. The Kier molecular flexibility index (Phi) is 5.80. The van der Waals surface area contributed by atoms with Crippen LogP contribution in [0, 0.1) is 6.92 Å². The summed E-state index contributed by atoms with van der Waals surface area (Å²) in [7, 11) is 0. The van der Waals surface area contributed by atoms with Crippen LogP contribution in [0.3, 0.4) is 0 Å². The lowest BCUT2D eigenvalue weighted by molar-refractivity contribution is 0.0535. The first kappa shape index (κ1) is 18.4. The molecule has 25 heavy (non-hydrogen) atoms. The number of hydrogen-bond acceptors (Lipinski definition) is 4. The van der Waals surface area contributed by atoms with E-state index in [1.807, 2.05) is 19.9 Å². The number of esters is 1. The first-order chi connectivity index (χ1) is 12.2. The van der Waals surface area contributed by atoms with Crippen molar-refractivity contribution in [1.82, 2.24) is 10.2 Å². The smallest absolute Gasteiger partial charge is 0.338 e. The number of cyclic esters (lactones) is 1. The summed E-state index contributed by atoms with van der Waals surface area (Å²) in [6, 6.07) is 4.07. The zero-order valence-electron chi connectivity index (χ0n) is 16.0. The van der Waals surface area contributed by atoms with Crippen LogP contribution in [0.4, 0.5) is 0 Å². The van der Waals surface area contributed by atoms with Gasteiger partial charge in [-0.25, -0.2) is 4.79 Å². The van der Waals surface area contributed by atoms with Gasteiger partial charge in [0.2, 0.25) is 0 Å². The minimum absolute atomic E-state index is 0.167. The standard InChI is InChI=1S/C19H26N2O2.C2H6/c1-14-15(4-5-16-17(14)12-23-18(16)22)6-11-21-10-3-8-19(13-21)7-2-9-20-19;1-2/h4-5,20H,2-3,6-13H2,1H3;1-2H3. The highest BCUT2D eigenvalue weighted by Crippen LogP contribution is 2.30. The van der Waals surface area contributed by atoms with Crippen LogP contribution < -0.4 is 5.32 Å². The Morgan fingerprint density at radius 2 is 2.04 bits per heavy atom. The average Bonchev–Trinajstić information content (AvgIpc) is 3.24. The minimum atomic E-state index is -0.167. The Morgan fingerprint density at radius 3 is 2.80 bits per heavy atom. The van der Waals surface area contributed by atoms with Crippen molar-refractivity contribution in [1.29, 1.82) is 0 Å². The Hall–Kier alpha value is -1.39. The number of carbonyl (C=O) groups is 1. The maximum Gasteiger partial charge on any atom is 0.338 e. The number of nitrogens with one attached hydrogen (secondary N) is 1. The van der Waals surface area contributed by atoms with Crippen molar-refractivity contribution < 1.29 is 9.53 Å². The summed E-state index contributed by atoms with van der Waals surface area (Å²) in [4.78, 5) is 14.3. The van der Waals surface area contributed by atoms with Crippen molar-refractivity contribution >= 4 is 5.97 Å². The molecule has 4 nitrogen and oxygen atoms in total. The maximum atomic E-state index is 11.6. The van der Waals surface area contributed by atoms with Crippen LogP contribution in [-0.4, -0.2) is 42.6 Å². The Balaban J connectivity index is 0.000000880. The van der Waals surface area contributed by atoms with E-state index < -0.39 is 0 Å². The van der Waals surface area contributed by atoms with E-state index in [2.05, 4.69) is 23.2 Å². The Bertz CT molecular complexity index is 621. The van der Waals surface area contributed by atoms with Crippen molar-refractivity contribution in [3.8, 4) is 0 Å². The second-order valence-electron chi connectivity index (χ2n) is 7.39. The van der Waals surface area contributed by atoms with Gasteiger partial charge in [0.15, 0.2) is 0 Å². The molecule has 0 saturated carbocycles. The van der Waals surface area contributed by atoms with Gasteiger partial charge in [0, 0.05) is 24.2 Å². The van der Waals surface area contributed by atoms with Gasteiger partial charge in [0.05, 0.1) is 5.56 Å². The van der Waals surface area contributed by atoms with Gasteiger partial charge in [-0.1, -0.05) is 19.9 Å². The van der Waals surface area contributed by atoms with Crippen LogP contribution >= 0.6 is 0 Å². The zero-order valence-corrected chi connectivity index (χ0v) is 16.0. The summed E-state index contributed by atoms with van der Waals surface area (Å²) in [5.41, 5.74) is 4.87. The predicted molar refractivity (Wildman–Crippen MR) is 101 cm³/mol. The van der Waals surface area contributed by atoms with Gasteiger partial charge in [-0.2, -0.15) is 0 Å². The maximum absolute atomic E-state index is 11.6. The van der Waals surface area contributed by atoms with Crippen molar-refractivity contribution in [2.45, 2.75) is 65.0 Å². The third-order valence-electron chi connectivity index (χ3n) is 5.96. The zero-order chi connectivity index (χ0) is 17.9. The quantitative estimate of drug-likeness (QED) is 0.853. The topological polar surface area (TPSA) is 41.6 Å². The summed E-state index contributed by atoms with van der Waals surface area (Å²) < 4.78 is 5.16. The van der Waals surface area contributed by atoms with E-state index in [-0.39, 0.29) is 5.97 Å². The Morgan fingerprint density at radius 1 is 1.24 bits per heavy atom. The van der Waals surface area contributed by atoms with Crippen molar-refractivity contribution in [2.24, 2.45) is 0 Å². The van der Waals surface area contributed by atoms with Gasteiger partial charge >= 0.3 is 5.97 Å². The molecule has 2 saturated heterocycles.